The average Bonchev–Trinajstić information content (AvgIpc) is 1.82. The first-order valence-corrected chi connectivity index (χ1v) is 3.88. The van der Waals surface area contributed by atoms with Gasteiger partial charge in [-0.15, -0.1) is 0 Å². The van der Waals surface area contributed by atoms with E-state index in [1.54, 1.807) is 0 Å². The van der Waals surface area contributed by atoms with Crippen molar-refractivity contribution < 1.29 is 19.2 Å². The van der Waals surface area contributed by atoms with Crippen molar-refractivity contribution >= 4 is 34.2 Å². The molecule has 0 bridgehead atoms. The SMILES string of the molecule is CC(=O)C(C(C)=O)(C(C)=O)C(=O)Cl. The van der Waals surface area contributed by atoms with E-state index < -0.39 is 28.0 Å². The number of ketones is 3. The van der Waals surface area contributed by atoms with Crippen molar-refractivity contribution in [1.82, 2.24) is 0 Å². The maximum absolute atomic E-state index is 11.0. The van der Waals surface area contributed by atoms with Crippen molar-refractivity contribution in [2.45, 2.75) is 20.8 Å². The first kappa shape index (κ1) is 12.0. The molecule has 0 atom stereocenters. The molecule has 0 radical (unpaired) electrons. The minimum Gasteiger partial charge on any atom is -0.298 e. The van der Waals surface area contributed by atoms with Gasteiger partial charge in [0.25, 0.3) is 0 Å². The van der Waals surface area contributed by atoms with E-state index in [0.717, 1.165) is 20.8 Å². The molecule has 0 N–H and O–H groups in total. The Kier molecular flexibility index (Phi) is 3.49. The molecule has 0 aromatic carbocycles. The van der Waals surface area contributed by atoms with Gasteiger partial charge < -0.3 is 0 Å². The largest absolute Gasteiger partial charge is 0.298 e. The van der Waals surface area contributed by atoms with Crippen LogP contribution in [-0.2, 0) is 19.2 Å². The quantitative estimate of drug-likeness (QED) is 0.494. The maximum atomic E-state index is 11.0. The van der Waals surface area contributed by atoms with Crippen LogP contribution in [0, 0.1) is 5.41 Å². The third kappa shape index (κ3) is 1.67. The number of rotatable bonds is 4. The molecular formula is C8H9ClO4. The summed E-state index contributed by atoms with van der Waals surface area (Å²) >= 11 is 5.08. The number of carbonyl (C=O) groups is 4. The second kappa shape index (κ2) is 3.79. The van der Waals surface area contributed by atoms with Gasteiger partial charge >= 0.3 is 0 Å². The molecule has 0 spiro atoms. The van der Waals surface area contributed by atoms with Crippen molar-refractivity contribution in [1.29, 1.82) is 0 Å². The minimum absolute atomic E-state index is 0.840. The fraction of sp³-hybridized carbons (Fsp3) is 0.500. The maximum Gasteiger partial charge on any atom is 0.250 e. The van der Waals surface area contributed by atoms with Crippen molar-refractivity contribution in [3.8, 4) is 0 Å². The summed E-state index contributed by atoms with van der Waals surface area (Å²) < 4.78 is 0. The molecule has 72 valence electrons. The fourth-order valence-electron chi connectivity index (χ4n) is 1.16. The Morgan fingerprint density at radius 1 is 0.846 bits per heavy atom. The van der Waals surface area contributed by atoms with Crippen LogP contribution in [-0.4, -0.2) is 22.6 Å². The van der Waals surface area contributed by atoms with Crippen LogP contribution in [0.2, 0.25) is 0 Å². The third-order valence-corrected chi connectivity index (χ3v) is 2.16. The van der Waals surface area contributed by atoms with Gasteiger partial charge in [-0.05, 0) is 32.4 Å². The molecule has 0 amide bonds. The van der Waals surface area contributed by atoms with Gasteiger partial charge in [0.2, 0.25) is 10.7 Å². The summed E-state index contributed by atoms with van der Waals surface area (Å²) in [5.74, 6) is -2.52. The van der Waals surface area contributed by atoms with Gasteiger partial charge in [0.1, 0.15) is 0 Å². The Morgan fingerprint density at radius 2 is 1.08 bits per heavy atom. The highest BCUT2D eigenvalue weighted by Gasteiger charge is 2.51. The number of hydrogen-bond donors (Lipinski definition) is 0. The highest BCUT2D eigenvalue weighted by molar-refractivity contribution is 6.72. The highest BCUT2D eigenvalue weighted by Crippen LogP contribution is 2.25. The first-order valence-electron chi connectivity index (χ1n) is 3.51. The van der Waals surface area contributed by atoms with Crippen LogP contribution in [0.3, 0.4) is 0 Å². The second-order valence-electron chi connectivity index (χ2n) is 2.69. The Hall–Kier alpha value is -1.03. The summed E-state index contributed by atoms with van der Waals surface area (Å²) in [4.78, 5) is 44.0. The molecule has 0 aliphatic heterocycles. The monoisotopic (exact) mass is 204 g/mol. The summed E-state index contributed by atoms with van der Waals surface area (Å²) in [6.07, 6.45) is 0. The molecule has 0 unspecified atom stereocenters. The van der Waals surface area contributed by atoms with Crippen LogP contribution in [0.5, 0.6) is 0 Å². The predicted molar refractivity (Wildman–Crippen MR) is 45.3 cm³/mol. The standard InChI is InChI=1S/C8H9ClO4/c1-4(10)8(5(2)11,6(3)12)7(9)13/h1-3H3. The van der Waals surface area contributed by atoms with E-state index in [2.05, 4.69) is 0 Å². The fourth-order valence-corrected chi connectivity index (χ4v) is 1.56. The Morgan fingerprint density at radius 3 is 1.08 bits per heavy atom. The van der Waals surface area contributed by atoms with E-state index in [1.807, 2.05) is 0 Å². The molecule has 0 aliphatic rings. The van der Waals surface area contributed by atoms with Crippen molar-refractivity contribution in [3.63, 3.8) is 0 Å². The molecule has 5 heteroatoms. The minimum atomic E-state index is -2.29. The molecule has 0 fully saturated rings. The second-order valence-corrected chi connectivity index (χ2v) is 3.04. The molecule has 13 heavy (non-hydrogen) atoms. The van der Waals surface area contributed by atoms with E-state index in [9.17, 15) is 19.2 Å². The molecule has 0 saturated heterocycles. The molecule has 0 aliphatic carbocycles. The van der Waals surface area contributed by atoms with E-state index in [4.69, 9.17) is 11.6 Å². The van der Waals surface area contributed by atoms with Gasteiger partial charge in [-0.1, -0.05) is 0 Å². The van der Waals surface area contributed by atoms with Gasteiger partial charge in [-0.3, -0.25) is 19.2 Å². The number of carbonyl (C=O) groups excluding carboxylic acids is 4. The van der Waals surface area contributed by atoms with E-state index >= 15 is 0 Å². The number of hydrogen-bond acceptors (Lipinski definition) is 4. The van der Waals surface area contributed by atoms with Gasteiger partial charge in [0.05, 0.1) is 0 Å². The first-order chi connectivity index (χ1) is 5.77. The number of halogens is 1. The molecule has 0 saturated carbocycles. The van der Waals surface area contributed by atoms with Crippen molar-refractivity contribution in [2.75, 3.05) is 0 Å². The van der Waals surface area contributed by atoms with Crippen LogP contribution < -0.4 is 0 Å². The zero-order valence-corrected chi connectivity index (χ0v) is 8.27. The zero-order chi connectivity index (χ0) is 10.8. The lowest BCUT2D eigenvalue weighted by Gasteiger charge is -2.20. The molecule has 0 heterocycles. The molecule has 0 rings (SSSR count). The Labute approximate surface area is 80.2 Å². The third-order valence-electron chi connectivity index (χ3n) is 1.88. The predicted octanol–water partition coefficient (Wildman–Crippen LogP) is 0.505. The van der Waals surface area contributed by atoms with E-state index in [1.165, 1.54) is 0 Å². The normalized spacial score (nSPS) is 10.8. The molecule has 0 aromatic heterocycles. The molecule has 4 nitrogen and oxygen atoms in total. The lowest BCUT2D eigenvalue weighted by Crippen LogP contribution is -2.47. The summed E-state index contributed by atoms with van der Waals surface area (Å²) in [7, 11) is 0. The van der Waals surface area contributed by atoms with Crippen LogP contribution in [0.15, 0.2) is 0 Å². The van der Waals surface area contributed by atoms with Crippen LogP contribution in [0.4, 0.5) is 0 Å². The number of Topliss-reactive ketones (excluding diaryl/α,β-unsaturated/α-hetero) is 3. The van der Waals surface area contributed by atoms with Gasteiger partial charge in [0.15, 0.2) is 17.3 Å². The summed E-state index contributed by atoms with van der Waals surface area (Å²) in [5.41, 5.74) is -2.29. The summed E-state index contributed by atoms with van der Waals surface area (Å²) in [5, 5.41) is -1.24. The van der Waals surface area contributed by atoms with Crippen LogP contribution in [0.25, 0.3) is 0 Å². The zero-order valence-electron chi connectivity index (χ0n) is 7.51. The Bertz CT molecular complexity index is 231. The lowest BCUT2D eigenvalue weighted by molar-refractivity contribution is -0.149. The van der Waals surface area contributed by atoms with Crippen LogP contribution >= 0.6 is 11.6 Å². The van der Waals surface area contributed by atoms with E-state index in [-0.39, 0.29) is 0 Å². The van der Waals surface area contributed by atoms with Gasteiger partial charge in [-0.2, -0.15) is 0 Å². The smallest absolute Gasteiger partial charge is 0.250 e. The highest BCUT2D eigenvalue weighted by atomic mass is 35.5. The lowest BCUT2D eigenvalue weighted by atomic mass is 9.78. The molecule has 0 aromatic rings. The van der Waals surface area contributed by atoms with Crippen LogP contribution in [0.1, 0.15) is 20.8 Å². The Balaban J connectivity index is 5.60. The molecular weight excluding hydrogens is 196 g/mol. The van der Waals surface area contributed by atoms with Crippen molar-refractivity contribution in [3.05, 3.63) is 0 Å². The topological polar surface area (TPSA) is 68.3 Å². The van der Waals surface area contributed by atoms with E-state index in [0.29, 0.717) is 0 Å². The van der Waals surface area contributed by atoms with Gasteiger partial charge in [-0.25, -0.2) is 0 Å². The summed E-state index contributed by atoms with van der Waals surface area (Å²) in [6.45, 7) is 2.97. The summed E-state index contributed by atoms with van der Waals surface area (Å²) in [6, 6.07) is 0. The van der Waals surface area contributed by atoms with Crippen molar-refractivity contribution in [2.24, 2.45) is 5.41 Å². The van der Waals surface area contributed by atoms with Gasteiger partial charge in [0, 0.05) is 0 Å². The average molecular weight is 205 g/mol.